The van der Waals surface area contributed by atoms with Crippen molar-refractivity contribution in [3.8, 4) is 0 Å². The molecule has 0 aliphatic carbocycles. The van der Waals surface area contributed by atoms with Crippen molar-refractivity contribution in [2.75, 3.05) is 15.5 Å². The average molecular weight is 976 g/mol. The molecule has 8 rings (SSSR count). The second-order valence-corrected chi connectivity index (χ2v) is 18.0. The van der Waals surface area contributed by atoms with Crippen LogP contribution in [0, 0.1) is 0 Å². The molecular formula is C48H42IN5O6S2. The van der Waals surface area contributed by atoms with Crippen molar-refractivity contribution >= 4 is 73.4 Å². The van der Waals surface area contributed by atoms with Crippen molar-refractivity contribution in [3.63, 3.8) is 0 Å². The Balaban J connectivity index is 1.07. The van der Waals surface area contributed by atoms with Gasteiger partial charge in [-0.05, 0) is 47.2 Å². The molecule has 62 heavy (non-hydrogen) atoms. The third-order valence-corrected chi connectivity index (χ3v) is 13.8. The summed E-state index contributed by atoms with van der Waals surface area (Å²) in [6, 6.07) is 47.6. The Kier molecular flexibility index (Phi) is 13.1. The number of carbonyl (C=O) groups is 3. The number of oxime groups is 1. The maximum absolute atomic E-state index is 14.3. The summed E-state index contributed by atoms with van der Waals surface area (Å²) >= 11 is 3.38. The van der Waals surface area contributed by atoms with Gasteiger partial charge < -0.3 is 20.2 Å². The smallest absolute Gasteiger partial charge is 0.356 e. The summed E-state index contributed by atoms with van der Waals surface area (Å²) in [6.45, 7) is 3.55. The number of thiazole rings is 1. The van der Waals surface area contributed by atoms with Crippen molar-refractivity contribution in [3.05, 3.63) is 202 Å². The number of rotatable bonds is 15. The van der Waals surface area contributed by atoms with Gasteiger partial charge in [0, 0.05) is 9.81 Å². The van der Waals surface area contributed by atoms with Crippen LogP contribution in [0.1, 0.15) is 53.5 Å². The standard InChI is InChI=1S/C48H42IN5O6S2/c1-31(2)60-53-39(38-29-61-47(50-38)52-48(35-22-12-5-13-23-35,36-24-14-6-15-25-36)37-26-16-7-17-27-37)43(55)51-40-44(56)54-41(34(28-49)30-62(58)45(40)54)46(57)59-42(32-18-8-3-9-19-32)33-20-10-4-11-21-33/h3-27,29,31,40,42,45H,28,30H2,1-2H3,(H,50,52)(H,51,55)/t40?,45-,62?/m0/s1. The van der Waals surface area contributed by atoms with Gasteiger partial charge in [-0.3, -0.25) is 18.7 Å². The lowest BCUT2D eigenvalue weighted by molar-refractivity contribution is -0.154. The van der Waals surface area contributed by atoms with Crippen LogP contribution in [-0.4, -0.2) is 65.3 Å². The lowest BCUT2D eigenvalue weighted by Crippen LogP contribution is -2.74. The molecule has 0 spiro atoms. The normalized spacial score (nSPS) is 17.6. The second kappa shape index (κ2) is 19.0. The van der Waals surface area contributed by atoms with E-state index in [1.165, 1.54) is 16.2 Å². The van der Waals surface area contributed by atoms with Crippen molar-refractivity contribution in [1.82, 2.24) is 15.2 Å². The molecule has 6 aromatic rings. The first-order chi connectivity index (χ1) is 30.2. The zero-order valence-electron chi connectivity index (χ0n) is 33.7. The Bertz CT molecular complexity index is 2490. The van der Waals surface area contributed by atoms with Gasteiger partial charge in [0.05, 0.1) is 16.6 Å². The van der Waals surface area contributed by atoms with Gasteiger partial charge in [-0.1, -0.05) is 179 Å². The van der Waals surface area contributed by atoms with E-state index in [1.807, 2.05) is 115 Å². The van der Waals surface area contributed by atoms with Gasteiger partial charge in [0.2, 0.25) is 0 Å². The topological polar surface area (TPSA) is 139 Å². The largest absolute Gasteiger partial charge is 0.448 e. The molecule has 2 aliphatic rings. The van der Waals surface area contributed by atoms with Crippen LogP contribution in [0.5, 0.6) is 0 Å². The van der Waals surface area contributed by atoms with E-state index in [2.05, 4.69) is 74.8 Å². The molecule has 3 heterocycles. The number of anilines is 1. The lowest BCUT2D eigenvalue weighted by atomic mass is 9.77. The van der Waals surface area contributed by atoms with Crippen LogP contribution in [0.3, 0.4) is 0 Å². The number of hydrogen-bond acceptors (Lipinski definition) is 10. The Hall–Kier alpha value is -5.97. The van der Waals surface area contributed by atoms with E-state index in [4.69, 9.17) is 14.6 Å². The van der Waals surface area contributed by atoms with Gasteiger partial charge in [-0.25, -0.2) is 9.78 Å². The second-order valence-electron chi connectivity index (χ2n) is 14.9. The summed E-state index contributed by atoms with van der Waals surface area (Å²) in [7, 11) is -1.65. The van der Waals surface area contributed by atoms with Crippen LogP contribution >= 0.6 is 33.9 Å². The maximum Gasteiger partial charge on any atom is 0.356 e. The molecule has 1 aromatic heterocycles. The van der Waals surface area contributed by atoms with Gasteiger partial charge in [0.15, 0.2) is 16.9 Å². The number of halogens is 1. The Morgan fingerprint density at radius 1 is 0.839 bits per heavy atom. The third-order valence-electron chi connectivity index (χ3n) is 10.5. The van der Waals surface area contributed by atoms with E-state index < -0.39 is 51.6 Å². The molecule has 314 valence electrons. The molecule has 2 N–H and O–H groups in total. The number of fused-ring (bicyclic) bond motifs is 1. The zero-order chi connectivity index (χ0) is 43.2. The number of nitrogens with one attached hydrogen (secondary N) is 2. The molecule has 3 atom stereocenters. The number of β-lactam (4-membered cyclic amide) rings is 1. The van der Waals surface area contributed by atoms with E-state index in [1.54, 1.807) is 19.2 Å². The zero-order valence-corrected chi connectivity index (χ0v) is 37.5. The third kappa shape index (κ3) is 8.59. The number of benzene rings is 5. The van der Waals surface area contributed by atoms with Gasteiger partial charge in [0.25, 0.3) is 11.8 Å². The van der Waals surface area contributed by atoms with Crippen molar-refractivity contribution in [1.29, 1.82) is 0 Å². The maximum atomic E-state index is 14.3. The number of alkyl halides is 1. The SMILES string of the molecule is CC(C)ON=C(C(=O)NC1C(=O)N2C(C(=O)OC(c3ccccc3)c3ccccc3)=C(CI)CS(=O)[C@@H]12)c1csc(NC(c2ccccc2)(c2ccccc2)c2ccccc2)n1. The molecular weight excluding hydrogens is 934 g/mol. The summed E-state index contributed by atoms with van der Waals surface area (Å²) in [5.74, 6) is -2.04. The number of amides is 2. The van der Waals surface area contributed by atoms with Gasteiger partial charge in [-0.15, -0.1) is 11.3 Å². The monoisotopic (exact) mass is 975 g/mol. The van der Waals surface area contributed by atoms with Gasteiger partial charge in [-0.2, -0.15) is 0 Å². The lowest BCUT2D eigenvalue weighted by Gasteiger charge is -2.49. The minimum Gasteiger partial charge on any atom is -0.448 e. The number of esters is 1. The highest BCUT2D eigenvalue weighted by Crippen LogP contribution is 2.41. The predicted octanol–water partition coefficient (Wildman–Crippen LogP) is 8.11. The summed E-state index contributed by atoms with van der Waals surface area (Å²) in [5, 5.41) is 11.9. The van der Waals surface area contributed by atoms with E-state index in [9.17, 15) is 18.6 Å². The highest BCUT2D eigenvalue weighted by atomic mass is 127. The number of hydrogen-bond donors (Lipinski definition) is 2. The van der Waals surface area contributed by atoms with E-state index in [0.29, 0.717) is 15.1 Å². The summed E-state index contributed by atoms with van der Waals surface area (Å²) in [5.41, 5.74) is 4.13. The number of ether oxygens (including phenoxy) is 1. The predicted molar refractivity (Wildman–Crippen MR) is 250 cm³/mol. The van der Waals surface area contributed by atoms with E-state index >= 15 is 0 Å². The van der Waals surface area contributed by atoms with Crippen LogP contribution in [0.15, 0.2) is 173 Å². The first-order valence-corrected chi connectivity index (χ1v) is 23.7. The Morgan fingerprint density at radius 3 is 1.82 bits per heavy atom. The quantitative estimate of drug-likeness (QED) is 0.0200. The molecule has 5 aromatic carbocycles. The van der Waals surface area contributed by atoms with Crippen LogP contribution in [-0.2, 0) is 40.3 Å². The van der Waals surface area contributed by atoms with Crippen LogP contribution < -0.4 is 10.6 Å². The highest BCUT2D eigenvalue weighted by Gasteiger charge is 2.57. The molecule has 0 radical (unpaired) electrons. The molecule has 2 aliphatic heterocycles. The number of carbonyl (C=O) groups excluding carboxylic acids is 3. The Labute approximate surface area is 379 Å². The van der Waals surface area contributed by atoms with Crippen molar-refractivity contribution in [2.24, 2.45) is 5.16 Å². The summed E-state index contributed by atoms with van der Waals surface area (Å²) in [6.07, 6.45) is -1.15. The fourth-order valence-corrected chi connectivity index (χ4v) is 11.1. The van der Waals surface area contributed by atoms with Crippen LogP contribution in [0.4, 0.5) is 5.13 Å². The van der Waals surface area contributed by atoms with Crippen molar-refractivity contribution in [2.45, 2.75) is 43.0 Å². The number of aromatic nitrogens is 1. The fourth-order valence-electron chi connectivity index (χ4n) is 7.64. The van der Waals surface area contributed by atoms with Crippen molar-refractivity contribution < 1.29 is 28.2 Å². The van der Waals surface area contributed by atoms with E-state index in [0.717, 1.165) is 27.8 Å². The first-order valence-electron chi connectivity index (χ1n) is 19.9. The molecule has 14 heteroatoms. The minimum absolute atomic E-state index is 0.0278. The molecule has 11 nitrogen and oxygen atoms in total. The Morgan fingerprint density at radius 2 is 1.34 bits per heavy atom. The molecule has 0 saturated carbocycles. The van der Waals surface area contributed by atoms with Gasteiger partial charge >= 0.3 is 5.97 Å². The summed E-state index contributed by atoms with van der Waals surface area (Å²) in [4.78, 5) is 54.3. The fraction of sp³-hybridized carbons (Fsp3) is 0.188. The summed E-state index contributed by atoms with van der Waals surface area (Å²) < 4.78 is 20.4. The molecule has 1 saturated heterocycles. The van der Waals surface area contributed by atoms with Gasteiger partial charge in [0.1, 0.15) is 34.4 Å². The van der Waals surface area contributed by atoms with E-state index in [-0.39, 0.29) is 29.0 Å². The molecule has 2 amide bonds. The highest BCUT2D eigenvalue weighted by molar-refractivity contribution is 14.1. The minimum atomic E-state index is -1.65. The molecule has 0 bridgehead atoms. The van der Waals surface area contributed by atoms with Crippen LogP contribution in [0.25, 0.3) is 0 Å². The number of nitrogens with zero attached hydrogens (tertiary/aromatic N) is 3. The van der Waals surface area contributed by atoms with Crippen LogP contribution in [0.2, 0.25) is 0 Å². The molecule has 1 fully saturated rings. The average Bonchev–Trinajstić information content (AvgIpc) is 3.77. The first kappa shape index (κ1) is 42.7. The molecule has 2 unspecified atom stereocenters.